The van der Waals surface area contributed by atoms with E-state index in [0.29, 0.717) is 11.8 Å². The standard InChI is InChI=1S/C22H33N3/c1-3-16(2)12-17-4-8-19(9-5-17)21-14-24-22(25-15-21)20-10-6-18(13-23)7-11-20/h14-20H,3-12H2,1-2H3/t16?,17-,18-,19-,20-. The molecule has 136 valence electrons. The normalized spacial score (nSPS) is 31.2. The van der Waals surface area contributed by atoms with Crippen molar-refractivity contribution in [3.8, 4) is 6.07 Å². The second-order valence-corrected chi connectivity index (χ2v) is 8.52. The minimum absolute atomic E-state index is 0.251. The van der Waals surface area contributed by atoms with E-state index in [1.54, 1.807) is 0 Å². The van der Waals surface area contributed by atoms with Gasteiger partial charge in [0.05, 0.1) is 6.07 Å². The van der Waals surface area contributed by atoms with E-state index in [9.17, 15) is 0 Å². The van der Waals surface area contributed by atoms with Crippen LogP contribution in [0.5, 0.6) is 0 Å². The molecule has 1 heterocycles. The van der Waals surface area contributed by atoms with Crippen molar-refractivity contribution in [2.75, 3.05) is 0 Å². The lowest BCUT2D eigenvalue weighted by Gasteiger charge is -2.30. The van der Waals surface area contributed by atoms with E-state index in [4.69, 9.17) is 15.2 Å². The van der Waals surface area contributed by atoms with Crippen LogP contribution in [-0.4, -0.2) is 9.97 Å². The summed E-state index contributed by atoms with van der Waals surface area (Å²) in [6, 6.07) is 2.41. The van der Waals surface area contributed by atoms with Gasteiger partial charge in [-0.25, -0.2) is 9.97 Å². The van der Waals surface area contributed by atoms with Gasteiger partial charge < -0.3 is 0 Å². The van der Waals surface area contributed by atoms with Crippen LogP contribution in [0.3, 0.4) is 0 Å². The summed E-state index contributed by atoms with van der Waals surface area (Å²) >= 11 is 0. The molecule has 1 atom stereocenters. The fourth-order valence-electron chi connectivity index (χ4n) is 4.72. The Morgan fingerprint density at radius 1 is 1.00 bits per heavy atom. The Kier molecular flexibility index (Phi) is 6.45. The van der Waals surface area contributed by atoms with E-state index < -0.39 is 0 Å². The smallest absolute Gasteiger partial charge is 0.131 e. The zero-order valence-electron chi connectivity index (χ0n) is 16.0. The van der Waals surface area contributed by atoms with Gasteiger partial charge in [-0.05, 0) is 81.1 Å². The Labute approximate surface area is 153 Å². The van der Waals surface area contributed by atoms with Gasteiger partial charge in [0.2, 0.25) is 0 Å². The highest BCUT2D eigenvalue weighted by atomic mass is 14.9. The average molecular weight is 340 g/mol. The molecule has 25 heavy (non-hydrogen) atoms. The molecule has 2 aliphatic carbocycles. The van der Waals surface area contributed by atoms with Crippen molar-refractivity contribution >= 4 is 0 Å². The maximum absolute atomic E-state index is 9.03. The van der Waals surface area contributed by atoms with Gasteiger partial charge in [0.15, 0.2) is 0 Å². The van der Waals surface area contributed by atoms with Crippen molar-refractivity contribution in [3.05, 3.63) is 23.8 Å². The van der Waals surface area contributed by atoms with Crippen molar-refractivity contribution in [2.24, 2.45) is 17.8 Å². The van der Waals surface area contributed by atoms with Gasteiger partial charge in [0.25, 0.3) is 0 Å². The minimum atomic E-state index is 0.251. The number of nitriles is 1. The monoisotopic (exact) mass is 339 g/mol. The summed E-state index contributed by atoms with van der Waals surface area (Å²) in [5.74, 6) is 4.19. The van der Waals surface area contributed by atoms with Crippen LogP contribution in [0.1, 0.15) is 101 Å². The number of hydrogen-bond acceptors (Lipinski definition) is 3. The Bertz CT molecular complexity index is 558. The topological polar surface area (TPSA) is 49.6 Å². The van der Waals surface area contributed by atoms with Gasteiger partial charge in [-0.3, -0.25) is 0 Å². The number of rotatable bonds is 5. The average Bonchev–Trinajstić information content (AvgIpc) is 2.69. The number of aromatic nitrogens is 2. The van der Waals surface area contributed by atoms with E-state index in [1.807, 2.05) is 0 Å². The summed E-state index contributed by atoms with van der Waals surface area (Å²) in [7, 11) is 0. The summed E-state index contributed by atoms with van der Waals surface area (Å²) in [5.41, 5.74) is 1.34. The van der Waals surface area contributed by atoms with E-state index in [-0.39, 0.29) is 5.92 Å². The minimum Gasteiger partial charge on any atom is -0.241 e. The molecule has 1 aromatic rings. The largest absolute Gasteiger partial charge is 0.241 e. The highest BCUT2D eigenvalue weighted by molar-refractivity contribution is 5.14. The third-order valence-electron chi connectivity index (χ3n) is 6.72. The molecule has 0 aliphatic heterocycles. The van der Waals surface area contributed by atoms with Gasteiger partial charge in [-0.15, -0.1) is 0 Å². The van der Waals surface area contributed by atoms with Crippen LogP contribution in [0.4, 0.5) is 0 Å². The number of hydrogen-bond donors (Lipinski definition) is 0. The summed E-state index contributed by atoms with van der Waals surface area (Å²) < 4.78 is 0. The summed E-state index contributed by atoms with van der Waals surface area (Å²) in [6.07, 6.45) is 16.4. The highest BCUT2D eigenvalue weighted by Gasteiger charge is 2.26. The van der Waals surface area contributed by atoms with Crippen LogP contribution < -0.4 is 0 Å². The molecule has 0 bridgehead atoms. The van der Waals surface area contributed by atoms with Crippen molar-refractivity contribution < 1.29 is 0 Å². The highest BCUT2D eigenvalue weighted by Crippen LogP contribution is 2.39. The van der Waals surface area contributed by atoms with Crippen LogP contribution in [0, 0.1) is 29.1 Å². The van der Waals surface area contributed by atoms with Crippen molar-refractivity contribution in [1.29, 1.82) is 5.26 Å². The fourth-order valence-corrected chi connectivity index (χ4v) is 4.72. The predicted octanol–water partition coefficient (Wildman–Crippen LogP) is 5.98. The fraction of sp³-hybridized carbons (Fsp3) is 0.773. The molecule has 2 saturated carbocycles. The second-order valence-electron chi connectivity index (χ2n) is 8.52. The third-order valence-corrected chi connectivity index (χ3v) is 6.72. The Morgan fingerprint density at radius 2 is 1.60 bits per heavy atom. The molecule has 0 spiro atoms. The lowest BCUT2D eigenvalue weighted by molar-refractivity contribution is 0.273. The van der Waals surface area contributed by atoms with Crippen LogP contribution in [0.2, 0.25) is 0 Å². The van der Waals surface area contributed by atoms with Crippen molar-refractivity contribution in [3.63, 3.8) is 0 Å². The third kappa shape index (κ3) is 4.81. The van der Waals surface area contributed by atoms with Crippen molar-refractivity contribution in [2.45, 2.75) is 89.9 Å². The Hall–Kier alpha value is -1.43. The molecule has 1 aromatic heterocycles. The summed E-state index contributed by atoms with van der Waals surface area (Å²) in [4.78, 5) is 9.43. The molecule has 0 radical (unpaired) electrons. The van der Waals surface area contributed by atoms with Gasteiger partial charge in [-0.2, -0.15) is 5.26 Å². The van der Waals surface area contributed by atoms with E-state index in [1.165, 1.54) is 44.1 Å². The van der Waals surface area contributed by atoms with Gasteiger partial charge >= 0.3 is 0 Å². The Morgan fingerprint density at radius 3 is 2.16 bits per heavy atom. The first kappa shape index (κ1) is 18.4. The first-order valence-electron chi connectivity index (χ1n) is 10.4. The van der Waals surface area contributed by atoms with E-state index >= 15 is 0 Å². The van der Waals surface area contributed by atoms with Crippen LogP contribution in [-0.2, 0) is 0 Å². The first-order valence-corrected chi connectivity index (χ1v) is 10.4. The molecule has 0 aromatic carbocycles. The van der Waals surface area contributed by atoms with Gasteiger partial charge in [-0.1, -0.05) is 20.3 Å². The molecule has 2 aliphatic rings. The van der Waals surface area contributed by atoms with Gasteiger partial charge in [0.1, 0.15) is 5.82 Å². The SMILES string of the molecule is CCC(C)C[C@H]1CC[C@H](c2cnc([C@H]3CC[C@H](C#N)CC3)nc2)CC1. The zero-order chi connectivity index (χ0) is 17.6. The molecule has 0 amide bonds. The molecular formula is C22H33N3. The van der Waals surface area contributed by atoms with E-state index in [2.05, 4.69) is 32.3 Å². The molecule has 0 saturated heterocycles. The lowest BCUT2D eigenvalue weighted by atomic mass is 9.76. The zero-order valence-corrected chi connectivity index (χ0v) is 16.0. The predicted molar refractivity (Wildman–Crippen MR) is 101 cm³/mol. The maximum Gasteiger partial charge on any atom is 0.131 e. The molecular weight excluding hydrogens is 306 g/mol. The summed E-state index contributed by atoms with van der Waals surface area (Å²) in [5, 5.41) is 9.03. The first-order chi connectivity index (χ1) is 12.2. The maximum atomic E-state index is 9.03. The molecule has 3 rings (SSSR count). The molecule has 0 N–H and O–H groups in total. The van der Waals surface area contributed by atoms with Crippen LogP contribution in [0.25, 0.3) is 0 Å². The van der Waals surface area contributed by atoms with Gasteiger partial charge in [0, 0.05) is 24.2 Å². The lowest BCUT2D eigenvalue weighted by Crippen LogP contribution is -2.17. The Balaban J connectivity index is 1.51. The van der Waals surface area contributed by atoms with Crippen molar-refractivity contribution in [1.82, 2.24) is 9.97 Å². The number of nitrogens with zero attached hydrogens (tertiary/aromatic N) is 3. The van der Waals surface area contributed by atoms with Crippen LogP contribution in [0.15, 0.2) is 12.4 Å². The molecule has 2 fully saturated rings. The van der Waals surface area contributed by atoms with Crippen LogP contribution >= 0.6 is 0 Å². The molecule has 3 heteroatoms. The second kappa shape index (κ2) is 8.79. The quantitative estimate of drug-likeness (QED) is 0.662. The summed E-state index contributed by atoms with van der Waals surface area (Å²) in [6.45, 7) is 4.70. The molecule has 3 nitrogen and oxygen atoms in total. The van der Waals surface area contributed by atoms with E-state index in [0.717, 1.165) is 43.3 Å². The molecule has 1 unspecified atom stereocenters.